The highest BCUT2D eigenvalue weighted by molar-refractivity contribution is 7.22. The quantitative estimate of drug-likeness (QED) is 0.604. The van der Waals surface area contributed by atoms with E-state index in [0.717, 1.165) is 17.8 Å². The zero-order valence-electron chi connectivity index (χ0n) is 16.6. The van der Waals surface area contributed by atoms with E-state index in [2.05, 4.69) is 15.0 Å². The van der Waals surface area contributed by atoms with Crippen LogP contribution in [0.2, 0.25) is 0 Å². The van der Waals surface area contributed by atoms with Gasteiger partial charge < -0.3 is 20.9 Å². The number of thiazole rings is 1. The van der Waals surface area contributed by atoms with Crippen molar-refractivity contribution in [2.45, 2.75) is 57.8 Å². The summed E-state index contributed by atoms with van der Waals surface area (Å²) in [5, 5.41) is 13.6. The summed E-state index contributed by atoms with van der Waals surface area (Å²) in [5.41, 5.74) is 6.55. The number of hydrogen-bond acceptors (Lipinski definition) is 7. The van der Waals surface area contributed by atoms with E-state index in [1.165, 1.54) is 18.2 Å². The first-order valence-electron chi connectivity index (χ1n) is 9.70. The fourth-order valence-corrected chi connectivity index (χ4v) is 4.54. The fraction of sp³-hybridized carbons (Fsp3) is 0.579. The maximum absolute atomic E-state index is 12.8. The summed E-state index contributed by atoms with van der Waals surface area (Å²) in [5.74, 6) is -0.353. The molecule has 166 valence electrons. The highest BCUT2D eigenvalue weighted by Gasteiger charge is 2.37. The van der Waals surface area contributed by atoms with Gasteiger partial charge in [0.25, 0.3) is 0 Å². The van der Waals surface area contributed by atoms with Gasteiger partial charge in [0.1, 0.15) is 12.0 Å². The number of nitrogens with two attached hydrogens (primary N) is 1. The summed E-state index contributed by atoms with van der Waals surface area (Å²) in [6.07, 6.45) is -3.75. The zero-order chi connectivity index (χ0) is 22.1. The number of carbonyl (C=O) groups excluding carboxylic acids is 1. The molecule has 2 heterocycles. The van der Waals surface area contributed by atoms with Crippen LogP contribution in [-0.2, 0) is 4.79 Å². The monoisotopic (exact) mass is 446 g/mol. The maximum Gasteiger partial charge on any atom is 0.573 e. The van der Waals surface area contributed by atoms with E-state index in [4.69, 9.17) is 5.73 Å². The lowest BCUT2D eigenvalue weighted by molar-refractivity contribution is -0.274. The van der Waals surface area contributed by atoms with E-state index in [0.29, 0.717) is 35.5 Å². The Morgan fingerprint density at radius 2 is 2.20 bits per heavy atom. The largest absolute Gasteiger partial charge is 0.573 e. The zero-order valence-corrected chi connectivity index (χ0v) is 17.5. The molecule has 11 heteroatoms. The average molecular weight is 446 g/mol. The summed E-state index contributed by atoms with van der Waals surface area (Å²) in [6, 6.07) is 2.79. The number of hydrogen-bond donors (Lipinski definition) is 3. The third-order valence-electron chi connectivity index (χ3n) is 4.89. The van der Waals surface area contributed by atoms with E-state index in [1.54, 1.807) is 4.90 Å². The van der Waals surface area contributed by atoms with E-state index in [-0.39, 0.29) is 16.8 Å². The molecule has 0 aliphatic carbocycles. The third-order valence-corrected chi connectivity index (χ3v) is 5.82. The van der Waals surface area contributed by atoms with Crippen molar-refractivity contribution in [3.8, 4) is 5.75 Å². The van der Waals surface area contributed by atoms with Crippen molar-refractivity contribution in [3.05, 3.63) is 18.2 Å². The van der Waals surface area contributed by atoms with Crippen LogP contribution in [0.3, 0.4) is 0 Å². The number of ether oxygens (including phenoxy) is 1. The molecule has 3 rings (SSSR count). The van der Waals surface area contributed by atoms with Crippen molar-refractivity contribution in [1.29, 1.82) is 0 Å². The Hall–Kier alpha value is -1.95. The lowest BCUT2D eigenvalue weighted by Gasteiger charge is -2.32. The molecule has 1 saturated heterocycles. The van der Waals surface area contributed by atoms with Crippen LogP contribution in [0, 0.1) is 5.92 Å². The molecule has 30 heavy (non-hydrogen) atoms. The second-order valence-corrected chi connectivity index (χ2v) is 8.82. The molecule has 0 saturated carbocycles. The van der Waals surface area contributed by atoms with Gasteiger partial charge in [0.15, 0.2) is 5.13 Å². The second-order valence-electron chi connectivity index (χ2n) is 7.79. The molecule has 0 spiro atoms. The number of carbonyl (C=O) groups is 1. The fourth-order valence-electron chi connectivity index (χ4n) is 3.64. The number of fused-ring (bicyclic) bond motifs is 1. The van der Waals surface area contributed by atoms with Gasteiger partial charge in [-0.15, -0.1) is 13.2 Å². The van der Waals surface area contributed by atoms with Gasteiger partial charge in [-0.05, 0) is 37.3 Å². The van der Waals surface area contributed by atoms with Crippen LogP contribution in [0.5, 0.6) is 5.75 Å². The topological polar surface area (TPSA) is 101 Å². The summed E-state index contributed by atoms with van der Waals surface area (Å²) < 4.78 is 41.6. The number of alkyl halides is 3. The Bertz CT molecular complexity index is 890. The van der Waals surface area contributed by atoms with E-state index < -0.39 is 24.7 Å². The van der Waals surface area contributed by atoms with Gasteiger partial charge >= 0.3 is 6.36 Å². The molecular formula is C19H25F3N4O3S. The molecule has 1 aromatic carbocycles. The first-order chi connectivity index (χ1) is 14.0. The number of nitrogens with zero attached hydrogens (tertiary/aromatic N) is 2. The van der Waals surface area contributed by atoms with Crippen LogP contribution in [0.1, 0.15) is 33.1 Å². The maximum atomic E-state index is 12.8. The highest BCUT2D eigenvalue weighted by atomic mass is 32.1. The number of amides is 1. The van der Waals surface area contributed by atoms with Crippen molar-refractivity contribution in [2.75, 3.05) is 11.9 Å². The Morgan fingerprint density at radius 3 is 2.87 bits per heavy atom. The number of benzene rings is 1. The number of aromatic nitrogens is 1. The molecule has 2 aromatic rings. The van der Waals surface area contributed by atoms with Crippen molar-refractivity contribution < 1.29 is 27.8 Å². The summed E-state index contributed by atoms with van der Waals surface area (Å²) in [6.45, 7) is 4.58. The van der Waals surface area contributed by atoms with E-state index in [9.17, 15) is 23.1 Å². The molecule has 1 aromatic heterocycles. The molecule has 1 unspecified atom stereocenters. The summed E-state index contributed by atoms with van der Waals surface area (Å²) in [7, 11) is 0. The van der Waals surface area contributed by atoms with Crippen LogP contribution >= 0.6 is 11.3 Å². The third kappa shape index (κ3) is 5.60. The molecule has 4 N–H and O–H groups in total. The van der Waals surface area contributed by atoms with Gasteiger partial charge in [-0.2, -0.15) is 0 Å². The van der Waals surface area contributed by atoms with Crippen LogP contribution in [0.4, 0.5) is 18.3 Å². The number of halogens is 3. The Morgan fingerprint density at radius 1 is 1.47 bits per heavy atom. The normalized spacial score (nSPS) is 19.9. The number of anilines is 1. The van der Waals surface area contributed by atoms with Gasteiger partial charge in [-0.3, -0.25) is 9.69 Å². The number of aliphatic hydroxyl groups excluding tert-OH is 1. The Kier molecular flexibility index (Phi) is 6.85. The lowest BCUT2D eigenvalue weighted by atomic mass is 10.0. The second kappa shape index (κ2) is 9.04. The molecule has 1 fully saturated rings. The number of likely N-dealkylation sites (tertiary alicyclic amines) is 1. The van der Waals surface area contributed by atoms with E-state index >= 15 is 0 Å². The number of rotatable bonds is 7. The first-order valence-corrected chi connectivity index (χ1v) is 10.5. The minimum Gasteiger partial charge on any atom is -0.406 e. The summed E-state index contributed by atoms with van der Waals surface area (Å²) >= 11 is 1.05. The molecule has 1 aliphatic heterocycles. The van der Waals surface area contributed by atoms with Gasteiger partial charge in [0, 0.05) is 18.7 Å². The molecule has 1 amide bonds. The van der Waals surface area contributed by atoms with Crippen molar-refractivity contribution in [2.24, 2.45) is 11.7 Å². The van der Waals surface area contributed by atoms with Gasteiger partial charge in [0.2, 0.25) is 5.91 Å². The van der Waals surface area contributed by atoms with Gasteiger partial charge in [-0.1, -0.05) is 25.2 Å². The van der Waals surface area contributed by atoms with Crippen molar-refractivity contribution in [1.82, 2.24) is 9.88 Å². The highest BCUT2D eigenvalue weighted by Crippen LogP contribution is 2.32. The van der Waals surface area contributed by atoms with Crippen LogP contribution in [-0.4, -0.2) is 52.1 Å². The molecular weight excluding hydrogens is 421 g/mol. The van der Waals surface area contributed by atoms with Gasteiger partial charge in [-0.25, -0.2) is 4.98 Å². The Balaban J connectivity index is 1.69. The van der Waals surface area contributed by atoms with E-state index in [1.807, 2.05) is 13.8 Å². The minimum absolute atomic E-state index is 0.270. The number of nitrogens with one attached hydrogen (secondary N) is 1. The van der Waals surface area contributed by atoms with Crippen LogP contribution in [0.25, 0.3) is 10.2 Å². The van der Waals surface area contributed by atoms with Crippen LogP contribution < -0.4 is 15.8 Å². The van der Waals surface area contributed by atoms with Crippen molar-refractivity contribution >= 4 is 32.6 Å². The number of aliphatic hydroxyl groups is 1. The first kappa shape index (κ1) is 22.7. The predicted molar refractivity (Wildman–Crippen MR) is 108 cm³/mol. The Labute approximate surface area is 176 Å². The SMILES string of the molecule is CC(C)C[C@@H](N)C(O)N1CCC[C@H]1C(=O)Nc1nc2ccc(OC(F)(F)F)cc2s1. The summed E-state index contributed by atoms with van der Waals surface area (Å²) in [4.78, 5) is 18.7. The van der Waals surface area contributed by atoms with Crippen LogP contribution in [0.15, 0.2) is 18.2 Å². The minimum atomic E-state index is -4.78. The predicted octanol–water partition coefficient (Wildman–Crippen LogP) is 3.29. The van der Waals surface area contributed by atoms with Crippen molar-refractivity contribution in [3.63, 3.8) is 0 Å². The molecule has 0 radical (unpaired) electrons. The standard InChI is InChI=1S/C19H25F3N4O3S/c1-10(2)8-12(23)17(28)26-7-3-4-14(26)16(27)25-18-24-13-6-5-11(9-15(13)30-18)29-19(20,21)22/h5-6,9-10,12,14,17,28H,3-4,7-8,23H2,1-2H3,(H,24,25,27)/t12-,14+,17?/m1/s1. The molecule has 1 aliphatic rings. The van der Waals surface area contributed by atoms with Gasteiger partial charge in [0.05, 0.1) is 16.3 Å². The average Bonchev–Trinajstić information content (AvgIpc) is 3.25. The molecule has 3 atom stereocenters. The molecule has 7 nitrogen and oxygen atoms in total. The molecule has 0 bridgehead atoms. The lowest BCUT2D eigenvalue weighted by Crippen LogP contribution is -2.53. The smallest absolute Gasteiger partial charge is 0.406 e.